The molecule has 1 atom stereocenters. The molecule has 0 aromatic heterocycles. The lowest BCUT2D eigenvalue weighted by atomic mass is 9.92. The van der Waals surface area contributed by atoms with Crippen molar-refractivity contribution < 1.29 is 14.6 Å². The predicted molar refractivity (Wildman–Crippen MR) is 125 cm³/mol. The van der Waals surface area contributed by atoms with Gasteiger partial charge in [0.25, 0.3) is 0 Å². The molecule has 4 nitrogen and oxygen atoms in total. The summed E-state index contributed by atoms with van der Waals surface area (Å²) in [5.74, 6) is 1.68. The Hall–Kier alpha value is -1.78. The van der Waals surface area contributed by atoms with E-state index in [4.69, 9.17) is 9.47 Å². The topological polar surface area (TPSA) is 41.9 Å². The van der Waals surface area contributed by atoms with Crippen molar-refractivity contribution in [3.63, 3.8) is 0 Å². The maximum absolute atomic E-state index is 10.4. The number of ether oxygens (including phenoxy) is 2. The SMILES string of the molecule is C=C(O)C(c1cccc(OC)c1C1CC1)N1CC(OCCCCC/C=C\C)C1.CC. The van der Waals surface area contributed by atoms with Gasteiger partial charge in [-0.15, -0.1) is 0 Å². The number of hydrogen-bond acceptors (Lipinski definition) is 4. The van der Waals surface area contributed by atoms with Gasteiger partial charge in [0.15, 0.2) is 0 Å². The molecule has 0 bridgehead atoms. The molecule has 1 unspecified atom stereocenters. The first-order valence-electron chi connectivity index (χ1n) is 11.7. The molecule has 1 aromatic rings. The summed E-state index contributed by atoms with van der Waals surface area (Å²) >= 11 is 0. The Labute approximate surface area is 183 Å². The standard InChI is InChI=1S/C24H35NO3.C2H6/c1-4-5-6-7-8-9-15-28-20-16-25(17-20)24(18(2)26)21-11-10-12-22(27-3)23(21)19-13-14-19;1-2/h4-5,10-12,19-20,24,26H,2,6-9,13-17H2,1,3H3;1-2H3/b5-4-;. The highest BCUT2D eigenvalue weighted by atomic mass is 16.5. The van der Waals surface area contributed by atoms with Gasteiger partial charge in [-0.1, -0.05) is 51.1 Å². The first-order valence-corrected chi connectivity index (χ1v) is 11.7. The molecular formula is C26H41NO3. The van der Waals surface area contributed by atoms with Gasteiger partial charge in [-0.3, -0.25) is 4.90 Å². The highest BCUT2D eigenvalue weighted by Crippen LogP contribution is 2.49. The van der Waals surface area contributed by atoms with Crippen molar-refractivity contribution in [2.24, 2.45) is 0 Å². The summed E-state index contributed by atoms with van der Waals surface area (Å²) in [6, 6.07) is 5.97. The summed E-state index contributed by atoms with van der Waals surface area (Å²) in [7, 11) is 1.72. The van der Waals surface area contributed by atoms with Gasteiger partial charge in [0.2, 0.25) is 0 Å². The van der Waals surface area contributed by atoms with Crippen LogP contribution < -0.4 is 4.74 Å². The lowest BCUT2D eigenvalue weighted by Crippen LogP contribution is -2.54. The van der Waals surface area contributed by atoms with Crippen LogP contribution in [-0.4, -0.2) is 42.9 Å². The highest BCUT2D eigenvalue weighted by molar-refractivity contribution is 5.48. The minimum atomic E-state index is -0.175. The van der Waals surface area contributed by atoms with Crippen LogP contribution in [0.5, 0.6) is 5.75 Å². The van der Waals surface area contributed by atoms with Crippen LogP contribution in [0.3, 0.4) is 0 Å². The molecule has 1 aliphatic heterocycles. The number of rotatable bonds is 12. The molecule has 1 N–H and O–H groups in total. The molecule has 1 heterocycles. The van der Waals surface area contributed by atoms with Gasteiger partial charge >= 0.3 is 0 Å². The number of hydrogen-bond donors (Lipinski definition) is 1. The van der Waals surface area contributed by atoms with Crippen LogP contribution in [0.1, 0.15) is 82.4 Å². The Morgan fingerprint density at radius 1 is 1.23 bits per heavy atom. The van der Waals surface area contributed by atoms with E-state index in [2.05, 4.69) is 36.6 Å². The Kier molecular flexibility index (Phi) is 10.5. The smallest absolute Gasteiger partial charge is 0.122 e. The average molecular weight is 416 g/mol. The molecule has 0 spiro atoms. The summed E-state index contributed by atoms with van der Waals surface area (Å²) in [4.78, 5) is 2.26. The van der Waals surface area contributed by atoms with Crippen molar-refractivity contribution in [2.75, 3.05) is 26.8 Å². The zero-order valence-corrected chi connectivity index (χ0v) is 19.4. The predicted octanol–water partition coefficient (Wildman–Crippen LogP) is 6.55. The zero-order chi connectivity index (χ0) is 21.9. The molecule has 30 heavy (non-hydrogen) atoms. The average Bonchev–Trinajstić information content (AvgIpc) is 3.56. The first kappa shape index (κ1) is 24.5. The maximum Gasteiger partial charge on any atom is 0.122 e. The number of allylic oxidation sites excluding steroid dienone is 2. The van der Waals surface area contributed by atoms with Crippen LogP contribution in [0.2, 0.25) is 0 Å². The summed E-state index contributed by atoms with van der Waals surface area (Å²) in [6.45, 7) is 12.4. The van der Waals surface area contributed by atoms with E-state index >= 15 is 0 Å². The van der Waals surface area contributed by atoms with Crippen LogP contribution in [0.25, 0.3) is 0 Å². The summed E-state index contributed by atoms with van der Waals surface area (Å²) in [5.41, 5.74) is 2.38. The van der Waals surface area contributed by atoms with Crippen LogP contribution in [-0.2, 0) is 4.74 Å². The van der Waals surface area contributed by atoms with Crippen molar-refractivity contribution >= 4 is 0 Å². The fourth-order valence-electron chi connectivity index (χ4n) is 4.12. The van der Waals surface area contributed by atoms with Crippen molar-refractivity contribution in [3.8, 4) is 5.75 Å². The second-order valence-corrected chi connectivity index (χ2v) is 8.00. The Bertz CT molecular complexity index is 675. The molecule has 1 saturated heterocycles. The van der Waals surface area contributed by atoms with Gasteiger partial charge < -0.3 is 14.6 Å². The molecular weight excluding hydrogens is 374 g/mol. The molecule has 0 amide bonds. The highest BCUT2D eigenvalue weighted by Gasteiger charge is 2.39. The van der Waals surface area contributed by atoms with Gasteiger partial charge in [-0.05, 0) is 56.6 Å². The number of nitrogens with zero attached hydrogens (tertiary/aromatic N) is 1. The normalized spacial score (nSPS) is 17.9. The van der Waals surface area contributed by atoms with E-state index in [0.717, 1.165) is 43.9 Å². The summed E-state index contributed by atoms with van der Waals surface area (Å²) in [5, 5.41) is 10.4. The molecule has 2 fully saturated rings. The van der Waals surface area contributed by atoms with Crippen LogP contribution in [0.4, 0.5) is 0 Å². The van der Waals surface area contributed by atoms with Gasteiger partial charge in [0.1, 0.15) is 11.5 Å². The Morgan fingerprint density at radius 2 is 1.97 bits per heavy atom. The van der Waals surface area contributed by atoms with E-state index in [1.807, 2.05) is 26.0 Å². The third-order valence-electron chi connectivity index (χ3n) is 5.76. The van der Waals surface area contributed by atoms with Crippen LogP contribution in [0.15, 0.2) is 42.7 Å². The van der Waals surface area contributed by atoms with E-state index in [0.29, 0.717) is 5.92 Å². The van der Waals surface area contributed by atoms with Crippen molar-refractivity contribution in [3.05, 3.63) is 53.8 Å². The van der Waals surface area contributed by atoms with Gasteiger partial charge in [0.05, 0.1) is 19.3 Å². The lowest BCUT2D eigenvalue weighted by molar-refractivity contribution is -0.0727. The quantitative estimate of drug-likeness (QED) is 0.239. The molecule has 0 radical (unpaired) electrons. The summed E-state index contributed by atoms with van der Waals surface area (Å²) in [6.07, 6.45) is 11.7. The van der Waals surface area contributed by atoms with Crippen LogP contribution in [0, 0.1) is 0 Å². The van der Waals surface area contributed by atoms with Gasteiger partial charge in [-0.2, -0.15) is 0 Å². The van der Waals surface area contributed by atoms with Gasteiger partial charge in [-0.25, -0.2) is 0 Å². The van der Waals surface area contributed by atoms with E-state index in [9.17, 15) is 5.11 Å². The number of benzene rings is 1. The zero-order valence-electron chi connectivity index (χ0n) is 19.4. The molecule has 4 heteroatoms. The van der Waals surface area contributed by atoms with E-state index in [1.165, 1.54) is 31.2 Å². The molecule has 2 aliphatic rings. The molecule has 3 rings (SSSR count). The van der Waals surface area contributed by atoms with Crippen LogP contribution >= 0.6 is 0 Å². The number of aliphatic hydroxyl groups is 1. The van der Waals surface area contributed by atoms with E-state index in [1.54, 1.807) is 7.11 Å². The summed E-state index contributed by atoms with van der Waals surface area (Å²) < 4.78 is 11.6. The van der Waals surface area contributed by atoms with Crippen molar-refractivity contribution in [1.82, 2.24) is 4.90 Å². The minimum Gasteiger partial charge on any atom is -0.511 e. The van der Waals surface area contributed by atoms with E-state index in [-0.39, 0.29) is 17.9 Å². The Morgan fingerprint density at radius 3 is 2.57 bits per heavy atom. The van der Waals surface area contributed by atoms with Gasteiger partial charge in [0, 0.05) is 25.3 Å². The minimum absolute atomic E-state index is 0.175. The maximum atomic E-state index is 10.4. The fourth-order valence-corrected chi connectivity index (χ4v) is 4.12. The fraction of sp³-hybridized carbons (Fsp3) is 0.615. The number of methoxy groups -OCH3 is 1. The number of unbranched alkanes of at least 4 members (excludes halogenated alkanes) is 3. The molecule has 168 valence electrons. The van der Waals surface area contributed by atoms with E-state index < -0.39 is 0 Å². The third-order valence-corrected chi connectivity index (χ3v) is 5.76. The molecule has 1 saturated carbocycles. The molecule has 1 aromatic carbocycles. The second kappa shape index (κ2) is 12.8. The number of aliphatic hydroxyl groups excluding tert-OH is 1. The largest absolute Gasteiger partial charge is 0.511 e. The van der Waals surface area contributed by atoms with Crippen molar-refractivity contribution in [1.29, 1.82) is 0 Å². The Balaban J connectivity index is 0.00000155. The lowest BCUT2D eigenvalue weighted by Gasteiger charge is -2.44. The van der Waals surface area contributed by atoms with Crippen molar-refractivity contribution in [2.45, 2.75) is 77.4 Å². The number of likely N-dealkylation sites (tertiary alicyclic amines) is 1. The first-order chi connectivity index (χ1) is 14.7. The third kappa shape index (κ3) is 6.61. The molecule has 1 aliphatic carbocycles. The second-order valence-electron chi connectivity index (χ2n) is 8.00. The monoisotopic (exact) mass is 415 g/mol.